The summed E-state index contributed by atoms with van der Waals surface area (Å²) in [7, 11) is 1.16. The number of ether oxygens (including phenoxy) is 1. The van der Waals surface area contributed by atoms with Crippen molar-refractivity contribution in [3.05, 3.63) is 29.3 Å². The molecule has 0 aliphatic rings. The van der Waals surface area contributed by atoms with Crippen molar-refractivity contribution in [3.63, 3.8) is 0 Å². The van der Waals surface area contributed by atoms with Crippen LogP contribution >= 0.6 is 0 Å². The zero-order chi connectivity index (χ0) is 13.0. The third-order valence-corrected chi connectivity index (χ3v) is 2.22. The normalized spacial score (nSPS) is 13.9. The molecule has 0 bridgehead atoms. The van der Waals surface area contributed by atoms with Gasteiger partial charge in [0.05, 0.1) is 25.7 Å². The summed E-state index contributed by atoms with van der Waals surface area (Å²) < 4.78 is 31.0. The maximum Gasteiger partial charge on any atom is 0.168 e. The van der Waals surface area contributed by atoms with Crippen molar-refractivity contribution in [2.24, 2.45) is 0 Å². The van der Waals surface area contributed by atoms with Crippen LogP contribution in [0, 0.1) is 23.0 Å². The lowest BCUT2D eigenvalue weighted by atomic mass is 10.0. The summed E-state index contributed by atoms with van der Waals surface area (Å²) in [6.45, 7) is 0. The number of nitrogens with zero attached hydrogens (tertiary/aromatic N) is 1. The van der Waals surface area contributed by atoms with Crippen LogP contribution in [0.25, 0.3) is 0 Å². The summed E-state index contributed by atoms with van der Waals surface area (Å²) in [5, 5.41) is 27.4. The average Bonchev–Trinajstić information content (AvgIpc) is 2.27. The van der Waals surface area contributed by atoms with Gasteiger partial charge >= 0.3 is 0 Å². The Morgan fingerprint density at radius 3 is 2.59 bits per heavy atom. The van der Waals surface area contributed by atoms with E-state index in [0.717, 1.165) is 13.2 Å². The van der Waals surface area contributed by atoms with E-state index in [-0.39, 0.29) is 17.7 Å². The molecule has 2 unspecified atom stereocenters. The zero-order valence-electron chi connectivity index (χ0n) is 9.02. The molecule has 0 saturated carbocycles. The third-order valence-electron chi connectivity index (χ3n) is 2.22. The van der Waals surface area contributed by atoms with Gasteiger partial charge in [0.1, 0.15) is 11.9 Å². The molecule has 1 aromatic rings. The van der Waals surface area contributed by atoms with Gasteiger partial charge in [-0.15, -0.1) is 0 Å². The van der Waals surface area contributed by atoms with Crippen LogP contribution in [0.15, 0.2) is 12.1 Å². The molecule has 17 heavy (non-hydrogen) atoms. The van der Waals surface area contributed by atoms with Crippen LogP contribution in [0.2, 0.25) is 0 Å². The minimum absolute atomic E-state index is 0.229. The first-order chi connectivity index (χ1) is 8.01. The molecule has 4 nitrogen and oxygen atoms in total. The lowest BCUT2D eigenvalue weighted by Crippen LogP contribution is -2.18. The fourth-order valence-electron chi connectivity index (χ4n) is 1.43. The van der Waals surface area contributed by atoms with Gasteiger partial charge in [0.25, 0.3) is 0 Å². The Hall–Kier alpha value is -1.71. The summed E-state index contributed by atoms with van der Waals surface area (Å²) >= 11 is 0. The molecule has 92 valence electrons. The lowest BCUT2D eigenvalue weighted by molar-refractivity contribution is 0.0197. The zero-order valence-corrected chi connectivity index (χ0v) is 9.02. The first-order valence-electron chi connectivity index (χ1n) is 4.77. The predicted molar refractivity (Wildman–Crippen MR) is 54.1 cm³/mol. The van der Waals surface area contributed by atoms with E-state index in [2.05, 4.69) is 4.74 Å². The van der Waals surface area contributed by atoms with Crippen LogP contribution in [-0.4, -0.2) is 23.4 Å². The largest absolute Gasteiger partial charge is 0.493 e. The standard InChI is InChI=1S/C11H11F2NO3/c1-17-11-7(4-6(12)5-8(11)13)10(16)9(15)2-3-14/h4-5,9-10,15-16H,2H2,1H3. The Kier molecular flexibility index (Phi) is 4.37. The van der Waals surface area contributed by atoms with Gasteiger partial charge in [-0.3, -0.25) is 0 Å². The summed E-state index contributed by atoms with van der Waals surface area (Å²) in [5.74, 6) is -2.23. The number of nitriles is 1. The maximum absolute atomic E-state index is 13.3. The van der Waals surface area contributed by atoms with Crippen molar-refractivity contribution in [2.45, 2.75) is 18.6 Å². The number of rotatable bonds is 4. The fraction of sp³-hybridized carbons (Fsp3) is 0.364. The van der Waals surface area contributed by atoms with Gasteiger partial charge in [-0.2, -0.15) is 5.26 Å². The van der Waals surface area contributed by atoms with Crippen molar-refractivity contribution in [1.82, 2.24) is 0 Å². The molecular formula is C11H11F2NO3. The minimum Gasteiger partial charge on any atom is -0.493 e. The Balaban J connectivity index is 3.16. The molecule has 0 aliphatic heterocycles. The first kappa shape index (κ1) is 13.4. The third kappa shape index (κ3) is 2.90. The van der Waals surface area contributed by atoms with E-state index < -0.39 is 23.8 Å². The SMILES string of the molecule is COc1c(F)cc(F)cc1C(O)C(O)CC#N. The van der Waals surface area contributed by atoms with Gasteiger partial charge in [-0.05, 0) is 6.07 Å². The van der Waals surface area contributed by atoms with E-state index in [1.807, 2.05) is 0 Å². The topological polar surface area (TPSA) is 73.5 Å². The van der Waals surface area contributed by atoms with Crippen molar-refractivity contribution in [3.8, 4) is 11.8 Å². The van der Waals surface area contributed by atoms with E-state index in [1.165, 1.54) is 0 Å². The molecular weight excluding hydrogens is 232 g/mol. The fourth-order valence-corrected chi connectivity index (χ4v) is 1.43. The molecule has 1 aromatic carbocycles. The Morgan fingerprint density at radius 2 is 2.06 bits per heavy atom. The van der Waals surface area contributed by atoms with Crippen LogP contribution in [0.1, 0.15) is 18.1 Å². The summed E-state index contributed by atoms with van der Waals surface area (Å²) in [6.07, 6.45) is -3.38. The predicted octanol–water partition coefficient (Wildman–Crippen LogP) is 1.28. The van der Waals surface area contributed by atoms with Crippen LogP contribution in [0.4, 0.5) is 8.78 Å². The maximum atomic E-state index is 13.3. The van der Waals surface area contributed by atoms with E-state index >= 15 is 0 Å². The van der Waals surface area contributed by atoms with Gasteiger partial charge < -0.3 is 14.9 Å². The van der Waals surface area contributed by atoms with Crippen LogP contribution in [0.5, 0.6) is 5.75 Å². The van der Waals surface area contributed by atoms with Crippen molar-refractivity contribution < 1.29 is 23.7 Å². The minimum atomic E-state index is -1.59. The molecule has 0 amide bonds. The van der Waals surface area contributed by atoms with Crippen LogP contribution < -0.4 is 4.74 Å². The molecule has 0 spiro atoms. The van der Waals surface area contributed by atoms with Gasteiger partial charge in [-0.1, -0.05) is 0 Å². The second-order valence-electron chi connectivity index (χ2n) is 3.38. The monoisotopic (exact) mass is 243 g/mol. The molecule has 1 rings (SSSR count). The quantitative estimate of drug-likeness (QED) is 0.835. The van der Waals surface area contributed by atoms with Crippen molar-refractivity contribution in [1.29, 1.82) is 5.26 Å². The van der Waals surface area contributed by atoms with Crippen LogP contribution in [-0.2, 0) is 0 Å². The number of aliphatic hydroxyl groups excluding tert-OH is 2. The van der Waals surface area contributed by atoms with Gasteiger partial charge in [0, 0.05) is 11.6 Å². The Bertz CT molecular complexity index is 445. The number of halogens is 2. The number of hydrogen-bond acceptors (Lipinski definition) is 4. The first-order valence-corrected chi connectivity index (χ1v) is 4.77. The second kappa shape index (κ2) is 5.57. The van der Waals surface area contributed by atoms with E-state index in [9.17, 15) is 19.0 Å². The average molecular weight is 243 g/mol. The molecule has 0 aliphatic carbocycles. The molecule has 0 aromatic heterocycles. The Morgan fingerprint density at radius 1 is 1.41 bits per heavy atom. The number of hydrogen-bond donors (Lipinski definition) is 2. The highest BCUT2D eigenvalue weighted by atomic mass is 19.1. The molecule has 0 radical (unpaired) electrons. The molecule has 2 atom stereocenters. The van der Waals surface area contributed by atoms with E-state index in [1.54, 1.807) is 6.07 Å². The smallest absolute Gasteiger partial charge is 0.168 e. The molecule has 0 fully saturated rings. The summed E-state index contributed by atoms with van der Waals surface area (Å²) in [5.41, 5.74) is -0.229. The number of aliphatic hydroxyl groups is 2. The van der Waals surface area contributed by atoms with E-state index in [4.69, 9.17) is 5.26 Å². The van der Waals surface area contributed by atoms with Gasteiger partial charge in [-0.25, -0.2) is 8.78 Å². The lowest BCUT2D eigenvalue weighted by Gasteiger charge is -2.18. The Labute approximate surface area is 96.7 Å². The highest BCUT2D eigenvalue weighted by molar-refractivity contribution is 5.37. The molecule has 0 heterocycles. The van der Waals surface area contributed by atoms with E-state index in [0.29, 0.717) is 6.07 Å². The van der Waals surface area contributed by atoms with Crippen molar-refractivity contribution in [2.75, 3.05) is 7.11 Å². The molecule has 6 heteroatoms. The molecule has 2 N–H and O–H groups in total. The number of benzene rings is 1. The van der Waals surface area contributed by atoms with Gasteiger partial charge in [0.15, 0.2) is 11.6 Å². The highest BCUT2D eigenvalue weighted by Crippen LogP contribution is 2.31. The summed E-state index contributed by atoms with van der Waals surface area (Å²) in [6, 6.07) is 3.10. The summed E-state index contributed by atoms with van der Waals surface area (Å²) in [4.78, 5) is 0. The number of methoxy groups -OCH3 is 1. The van der Waals surface area contributed by atoms with Crippen molar-refractivity contribution >= 4 is 0 Å². The van der Waals surface area contributed by atoms with Crippen LogP contribution in [0.3, 0.4) is 0 Å². The second-order valence-corrected chi connectivity index (χ2v) is 3.38. The molecule has 0 saturated heterocycles. The highest BCUT2D eigenvalue weighted by Gasteiger charge is 2.24. The van der Waals surface area contributed by atoms with Gasteiger partial charge in [0.2, 0.25) is 0 Å².